The van der Waals surface area contributed by atoms with Gasteiger partial charge in [-0.15, -0.1) is 0 Å². The number of rotatable bonds is 3. The van der Waals surface area contributed by atoms with Gasteiger partial charge in [0.2, 0.25) is 5.91 Å². The summed E-state index contributed by atoms with van der Waals surface area (Å²) in [6.45, 7) is 0.520. The van der Waals surface area contributed by atoms with E-state index in [1.807, 2.05) is 0 Å². The molecule has 1 aliphatic heterocycles. The van der Waals surface area contributed by atoms with Gasteiger partial charge in [-0.2, -0.15) is 5.10 Å². The van der Waals surface area contributed by atoms with Crippen molar-refractivity contribution in [3.05, 3.63) is 28.4 Å². The first-order valence-corrected chi connectivity index (χ1v) is 6.06. The summed E-state index contributed by atoms with van der Waals surface area (Å²) < 4.78 is 6.68. The van der Waals surface area contributed by atoms with Gasteiger partial charge in [0, 0.05) is 30.3 Å². The Labute approximate surface area is 113 Å². The number of carbonyl (C=O) groups excluding carboxylic acids is 1. The Morgan fingerprint density at radius 3 is 2.95 bits per heavy atom. The normalized spacial score (nSPS) is 18.2. The second kappa shape index (κ2) is 4.48. The first-order chi connectivity index (χ1) is 9.58. The van der Waals surface area contributed by atoms with Crippen LogP contribution < -0.4 is 10.1 Å². The fraction of sp³-hybridized carbons (Fsp3) is 0.333. The highest BCUT2D eigenvalue weighted by Crippen LogP contribution is 2.32. The van der Waals surface area contributed by atoms with Gasteiger partial charge in [0.25, 0.3) is 0 Å². The first-order valence-electron chi connectivity index (χ1n) is 6.06. The lowest BCUT2D eigenvalue weighted by molar-refractivity contribution is -0.385. The molecule has 0 spiro atoms. The number of nitrogens with zero attached hydrogens (tertiary/aromatic N) is 3. The van der Waals surface area contributed by atoms with Gasteiger partial charge in [-0.1, -0.05) is 0 Å². The number of carbonyl (C=O) groups is 1. The smallest absolute Gasteiger partial charge is 0.311 e. The summed E-state index contributed by atoms with van der Waals surface area (Å²) in [5.41, 5.74) is 0.506. The molecule has 2 heterocycles. The zero-order valence-electron chi connectivity index (χ0n) is 10.7. The zero-order valence-corrected chi connectivity index (χ0v) is 10.7. The molecule has 1 aromatic heterocycles. The van der Waals surface area contributed by atoms with Crippen molar-refractivity contribution in [3.63, 3.8) is 0 Å². The fourth-order valence-corrected chi connectivity index (χ4v) is 2.33. The van der Waals surface area contributed by atoms with Gasteiger partial charge >= 0.3 is 5.69 Å². The van der Waals surface area contributed by atoms with E-state index < -0.39 is 4.92 Å². The third kappa shape index (κ3) is 1.94. The van der Waals surface area contributed by atoms with Crippen LogP contribution in [-0.4, -0.2) is 34.3 Å². The third-order valence-corrected chi connectivity index (χ3v) is 3.35. The molecule has 1 amide bonds. The molecule has 104 valence electrons. The number of hydrogen-bond donors (Lipinski definition) is 1. The van der Waals surface area contributed by atoms with Gasteiger partial charge in [0.1, 0.15) is 0 Å². The van der Waals surface area contributed by atoms with Gasteiger partial charge < -0.3 is 10.1 Å². The van der Waals surface area contributed by atoms with Crippen molar-refractivity contribution in [3.8, 4) is 5.75 Å². The molecular weight excluding hydrogens is 264 g/mol. The van der Waals surface area contributed by atoms with E-state index in [0.717, 1.165) is 0 Å². The number of amides is 1. The third-order valence-electron chi connectivity index (χ3n) is 3.35. The average molecular weight is 276 g/mol. The number of aromatic nitrogens is 2. The molecule has 1 saturated heterocycles. The Hall–Kier alpha value is -2.64. The second-order valence-electron chi connectivity index (χ2n) is 4.61. The van der Waals surface area contributed by atoms with Crippen molar-refractivity contribution in [2.24, 2.45) is 0 Å². The molecular formula is C12H12N4O4. The lowest BCUT2D eigenvalue weighted by Gasteiger charge is -2.06. The van der Waals surface area contributed by atoms with E-state index >= 15 is 0 Å². The number of methoxy groups -OCH3 is 1. The van der Waals surface area contributed by atoms with Crippen LogP contribution >= 0.6 is 0 Å². The number of nitro benzene ring substituents is 1. The van der Waals surface area contributed by atoms with Crippen LogP contribution in [0.1, 0.15) is 12.5 Å². The zero-order chi connectivity index (χ0) is 14.3. The van der Waals surface area contributed by atoms with Crippen LogP contribution in [0.5, 0.6) is 5.75 Å². The highest BCUT2D eigenvalue weighted by molar-refractivity contribution is 5.84. The lowest BCUT2D eigenvalue weighted by atomic mass is 10.2. The molecule has 2 aromatic rings. The van der Waals surface area contributed by atoms with Crippen LogP contribution in [0.2, 0.25) is 0 Å². The van der Waals surface area contributed by atoms with Crippen LogP contribution in [0, 0.1) is 10.1 Å². The monoisotopic (exact) mass is 276 g/mol. The summed E-state index contributed by atoms with van der Waals surface area (Å²) in [6.07, 6.45) is 2.08. The lowest BCUT2D eigenvalue weighted by Crippen LogP contribution is -2.15. The summed E-state index contributed by atoms with van der Waals surface area (Å²) in [4.78, 5) is 21.7. The molecule has 1 N–H and O–H groups in total. The number of fused-ring (bicyclic) bond motifs is 1. The van der Waals surface area contributed by atoms with E-state index in [2.05, 4.69) is 10.4 Å². The molecule has 1 fully saturated rings. The number of hydrogen-bond acceptors (Lipinski definition) is 5. The summed E-state index contributed by atoms with van der Waals surface area (Å²) in [5.74, 6) is 0.159. The minimum absolute atomic E-state index is 0.0156. The minimum Gasteiger partial charge on any atom is -0.490 e. The van der Waals surface area contributed by atoms with E-state index in [-0.39, 0.29) is 23.4 Å². The van der Waals surface area contributed by atoms with Crippen molar-refractivity contribution in [1.29, 1.82) is 0 Å². The summed E-state index contributed by atoms with van der Waals surface area (Å²) in [6, 6.07) is 2.91. The molecule has 0 aliphatic carbocycles. The molecule has 1 aromatic carbocycles. The highest BCUT2D eigenvalue weighted by Gasteiger charge is 2.25. The summed E-state index contributed by atoms with van der Waals surface area (Å²) >= 11 is 0. The Morgan fingerprint density at radius 1 is 1.55 bits per heavy atom. The number of nitrogens with one attached hydrogen (secondary N) is 1. The van der Waals surface area contributed by atoms with E-state index in [4.69, 9.17) is 4.74 Å². The maximum atomic E-state index is 11.2. The average Bonchev–Trinajstić information content (AvgIpc) is 3.02. The Morgan fingerprint density at radius 2 is 2.35 bits per heavy atom. The maximum Gasteiger partial charge on any atom is 0.311 e. The van der Waals surface area contributed by atoms with Gasteiger partial charge in [-0.25, -0.2) is 0 Å². The summed E-state index contributed by atoms with van der Waals surface area (Å²) in [7, 11) is 1.38. The van der Waals surface area contributed by atoms with Gasteiger partial charge in [0.15, 0.2) is 5.75 Å². The van der Waals surface area contributed by atoms with Gasteiger partial charge in [-0.3, -0.25) is 19.6 Å². The van der Waals surface area contributed by atoms with Gasteiger partial charge in [-0.05, 0) is 0 Å². The molecule has 8 heteroatoms. The van der Waals surface area contributed by atoms with Crippen LogP contribution in [0.25, 0.3) is 10.9 Å². The molecule has 0 saturated carbocycles. The molecule has 3 rings (SSSR count). The number of benzene rings is 1. The molecule has 1 unspecified atom stereocenters. The maximum absolute atomic E-state index is 11.2. The van der Waals surface area contributed by atoms with Crippen LogP contribution in [-0.2, 0) is 4.79 Å². The Balaban J connectivity index is 2.06. The van der Waals surface area contributed by atoms with Crippen LogP contribution in [0.3, 0.4) is 0 Å². The molecule has 1 atom stereocenters. The van der Waals surface area contributed by atoms with Gasteiger partial charge in [0.05, 0.1) is 30.0 Å². The molecule has 20 heavy (non-hydrogen) atoms. The van der Waals surface area contributed by atoms with E-state index in [1.165, 1.54) is 19.2 Å². The van der Waals surface area contributed by atoms with Crippen molar-refractivity contribution < 1.29 is 14.5 Å². The fourth-order valence-electron chi connectivity index (χ4n) is 2.33. The van der Waals surface area contributed by atoms with Crippen molar-refractivity contribution in [1.82, 2.24) is 15.1 Å². The van der Waals surface area contributed by atoms with Crippen molar-refractivity contribution >= 4 is 22.5 Å². The van der Waals surface area contributed by atoms with Crippen LogP contribution in [0.4, 0.5) is 5.69 Å². The standard InChI is InChI=1S/C12H12N4O4/c1-20-11-4-9-7(2-10(11)16(18)19)6-15(14-9)8-3-12(17)13-5-8/h2,4,6,8H,3,5H2,1H3,(H,13,17). The quantitative estimate of drug-likeness (QED) is 0.666. The second-order valence-corrected chi connectivity index (χ2v) is 4.61. The predicted octanol–water partition coefficient (Wildman–Crippen LogP) is 1.01. The molecule has 1 aliphatic rings. The van der Waals surface area contributed by atoms with Crippen molar-refractivity contribution in [2.45, 2.75) is 12.5 Å². The minimum atomic E-state index is -0.490. The largest absolute Gasteiger partial charge is 0.490 e. The van der Waals surface area contributed by atoms with E-state index in [1.54, 1.807) is 10.9 Å². The molecule has 8 nitrogen and oxygen atoms in total. The topological polar surface area (TPSA) is 99.3 Å². The van der Waals surface area contributed by atoms with E-state index in [9.17, 15) is 14.9 Å². The molecule has 0 radical (unpaired) electrons. The SMILES string of the molecule is COc1cc2nn(C3CNC(=O)C3)cc2cc1[N+](=O)[O-]. The Bertz CT molecular complexity index is 709. The van der Waals surface area contributed by atoms with Crippen molar-refractivity contribution in [2.75, 3.05) is 13.7 Å². The highest BCUT2D eigenvalue weighted by atomic mass is 16.6. The van der Waals surface area contributed by atoms with Crippen LogP contribution in [0.15, 0.2) is 18.3 Å². The number of ether oxygens (including phenoxy) is 1. The first kappa shape index (κ1) is 12.4. The predicted molar refractivity (Wildman–Crippen MR) is 69.6 cm³/mol. The van der Waals surface area contributed by atoms with E-state index in [0.29, 0.717) is 23.9 Å². The molecule has 0 bridgehead atoms. The summed E-state index contributed by atoms with van der Waals surface area (Å²) in [5, 5.41) is 18.7. The number of nitro groups is 1. The Kier molecular flexibility index (Phi) is 2.78.